The lowest BCUT2D eigenvalue weighted by molar-refractivity contribution is 0.111. The number of hydrogen-bond donors (Lipinski definition) is 2. The van der Waals surface area contributed by atoms with E-state index >= 15 is 0 Å². The Kier molecular flexibility index (Phi) is 6.42. The van der Waals surface area contributed by atoms with Gasteiger partial charge in [-0.25, -0.2) is 15.0 Å². The van der Waals surface area contributed by atoms with Gasteiger partial charge in [-0.05, 0) is 86.4 Å². The van der Waals surface area contributed by atoms with Crippen LogP contribution >= 0.6 is 12.4 Å². The summed E-state index contributed by atoms with van der Waals surface area (Å²) in [6.07, 6.45) is 9.40. The predicted octanol–water partition coefficient (Wildman–Crippen LogP) is 5.88. The largest absolute Gasteiger partial charge is 0.393 e. The minimum absolute atomic E-state index is 0. The third kappa shape index (κ3) is 4.86. The van der Waals surface area contributed by atoms with Gasteiger partial charge in [-0.1, -0.05) is 6.07 Å². The van der Waals surface area contributed by atoms with Crippen LogP contribution in [-0.4, -0.2) is 30.7 Å². The number of pyridine rings is 2. The van der Waals surface area contributed by atoms with Crippen molar-refractivity contribution in [3.63, 3.8) is 0 Å². The fourth-order valence-corrected chi connectivity index (χ4v) is 4.93. The van der Waals surface area contributed by atoms with Crippen LogP contribution in [0.1, 0.15) is 61.6 Å². The first kappa shape index (κ1) is 23.3. The number of nitrogens with zero attached hydrogens (tertiary/aromatic N) is 5. The molecule has 0 atom stereocenters. The molecule has 3 aromatic heterocycles. The van der Waals surface area contributed by atoms with E-state index in [0.29, 0.717) is 23.3 Å². The molecule has 4 aromatic rings. The van der Waals surface area contributed by atoms with Gasteiger partial charge in [-0.2, -0.15) is 5.26 Å². The molecular weight excluding hydrogens is 460 g/mol. The maximum atomic E-state index is 9.91. The summed E-state index contributed by atoms with van der Waals surface area (Å²) in [5.41, 5.74) is 5.88. The van der Waals surface area contributed by atoms with Crippen LogP contribution in [0, 0.1) is 11.3 Å². The highest BCUT2D eigenvalue weighted by molar-refractivity contribution is 5.85. The number of benzene rings is 1. The van der Waals surface area contributed by atoms with Gasteiger partial charge in [0.2, 0.25) is 0 Å². The van der Waals surface area contributed by atoms with Crippen molar-refractivity contribution in [1.29, 1.82) is 5.26 Å². The molecule has 7 nitrogen and oxygen atoms in total. The van der Waals surface area contributed by atoms with Gasteiger partial charge in [0.1, 0.15) is 11.6 Å². The topological polar surface area (TPSA) is 99.7 Å². The number of imidazole rings is 1. The third-order valence-corrected chi connectivity index (χ3v) is 6.97. The molecule has 3 heterocycles. The summed E-state index contributed by atoms with van der Waals surface area (Å²) in [5, 5.41) is 22.4. The van der Waals surface area contributed by atoms with Crippen molar-refractivity contribution >= 4 is 35.1 Å². The second kappa shape index (κ2) is 9.65. The van der Waals surface area contributed by atoms with E-state index in [2.05, 4.69) is 56.3 Å². The number of fused-ring (bicyclic) bond motifs is 1. The van der Waals surface area contributed by atoms with Crippen molar-refractivity contribution in [3.8, 4) is 17.3 Å². The summed E-state index contributed by atoms with van der Waals surface area (Å²) in [6.45, 7) is 0. The molecule has 0 unspecified atom stereocenters. The maximum Gasteiger partial charge on any atom is 0.132 e. The fourth-order valence-electron chi connectivity index (χ4n) is 4.93. The second-order valence-corrected chi connectivity index (χ2v) is 9.43. The van der Waals surface area contributed by atoms with Gasteiger partial charge in [0.15, 0.2) is 0 Å². The fraction of sp³-hybridized carbons (Fsp3) is 0.333. The second-order valence-electron chi connectivity index (χ2n) is 9.43. The van der Waals surface area contributed by atoms with Crippen molar-refractivity contribution in [1.82, 2.24) is 19.5 Å². The van der Waals surface area contributed by atoms with Gasteiger partial charge in [0, 0.05) is 17.8 Å². The minimum atomic E-state index is -0.176. The van der Waals surface area contributed by atoms with Crippen LogP contribution in [0.5, 0.6) is 0 Å². The zero-order chi connectivity index (χ0) is 23.1. The number of nitrogens with one attached hydrogen (secondary N) is 1. The molecule has 0 spiro atoms. The van der Waals surface area contributed by atoms with Crippen molar-refractivity contribution in [2.75, 3.05) is 5.32 Å². The number of anilines is 2. The van der Waals surface area contributed by atoms with Crippen molar-refractivity contribution in [2.24, 2.45) is 0 Å². The van der Waals surface area contributed by atoms with Crippen molar-refractivity contribution in [3.05, 3.63) is 66.1 Å². The molecule has 2 aliphatic carbocycles. The molecular formula is C27H27ClN6O. The smallest absolute Gasteiger partial charge is 0.132 e. The molecule has 2 aliphatic rings. The Balaban J connectivity index is 0.00000253. The first-order valence-corrected chi connectivity index (χ1v) is 12.0. The summed E-state index contributed by atoms with van der Waals surface area (Å²) in [4.78, 5) is 13.9. The van der Waals surface area contributed by atoms with Gasteiger partial charge < -0.3 is 15.0 Å². The number of aliphatic hydroxyl groups excluding tert-OH is 1. The van der Waals surface area contributed by atoms with Gasteiger partial charge in [-0.3, -0.25) is 0 Å². The summed E-state index contributed by atoms with van der Waals surface area (Å²) in [5.74, 6) is 1.92. The average Bonchev–Trinajstić information content (AvgIpc) is 3.64. The summed E-state index contributed by atoms with van der Waals surface area (Å²) in [7, 11) is 0. The number of halogens is 1. The third-order valence-electron chi connectivity index (χ3n) is 6.97. The zero-order valence-corrected chi connectivity index (χ0v) is 20.1. The van der Waals surface area contributed by atoms with E-state index in [0.717, 1.165) is 53.8 Å². The van der Waals surface area contributed by atoms with Crippen LogP contribution in [0.15, 0.2) is 55.0 Å². The molecule has 1 aromatic carbocycles. The lowest BCUT2D eigenvalue weighted by Gasteiger charge is -2.27. The van der Waals surface area contributed by atoms with E-state index in [9.17, 15) is 10.4 Å². The van der Waals surface area contributed by atoms with Crippen LogP contribution in [0.3, 0.4) is 0 Å². The Bertz CT molecular complexity index is 1400. The Morgan fingerprint density at radius 1 is 0.943 bits per heavy atom. The first-order valence-electron chi connectivity index (χ1n) is 12.0. The number of hydrogen-bond acceptors (Lipinski definition) is 6. The highest BCUT2D eigenvalue weighted by Gasteiger charge is 2.25. The normalized spacial score (nSPS) is 19.7. The molecule has 8 heteroatoms. The van der Waals surface area contributed by atoms with E-state index in [1.165, 1.54) is 18.4 Å². The lowest BCUT2D eigenvalue weighted by atomic mass is 9.93. The number of aliphatic hydroxyl groups is 1. The molecule has 0 saturated heterocycles. The first-order chi connectivity index (χ1) is 16.7. The Hall–Kier alpha value is -3.47. The SMILES string of the molecule is Cl.N#Cc1ccnc(Nc2cc(C3CC3)cc(-c3ccc4ncn([C@H]5CC[C@@H](O)CC5)c4c3)n2)c1. The predicted molar refractivity (Wildman–Crippen MR) is 138 cm³/mol. The van der Waals surface area contributed by atoms with Gasteiger partial charge >= 0.3 is 0 Å². The molecule has 178 valence electrons. The molecule has 2 saturated carbocycles. The Labute approximate surface area is 210 Å². The minimum Gasteiger partial charge on any atom is -0.393 e. The van der Waals surface area contributed by atoms with Gasteiger partial charge in [0.25, 0.3) is 0 Å². The monoisotopic (exact) mass is 486 g/mol. The van der Waals surface area contributed by atoms with Crippen LogP contribution in [0.4, 0.5) is 11.6 Å². The zero-order valence-electron chi connectivity index (χ0n) is 19.3. The van der Waals surface area contributed by atoms with Gasteiger partial charge in [0.05, 0.1) is 40.8 Å². The molecule has 2 N–H and O–H groups in total. The maximum absolute atomic E-state index is 9.91. The van der Waals surface area contributed by atoms with Crippen LogP contribution < -0.4 is 5.32 Å². The van der Waals surface area contributed by atoms with Gasteiger partial charge in [-0.15, -0.1) is 12.4 Å². The Morgan fingerprint density at radius 2 is 1.77 bits per heavy atom. The highest BCUT2D eigenvalue weighted by atomic mass is 35.5. The molecule has 35 heavy (non-hydrogen) atoms. The summed E-state index contributed by atoms with van der Waals surface area (Å²) >= 11 is 0. The highest BCUT2D eigenvalue weighted by Crippen LogP contribution is 2.42. The molecule has 6 rings (SSSR count). The van der Waals surface area contributed by atoms with Crippen molar-refractivity contribution < 1.29 is 5.11 Å². The number of nitriles is 1. The average molecular weight is 487 g/mol. The van der Waals surface area contributed by atoms with E-state index in [1.807, 2.05) is 6.33 Å². The van der Waals surface area contributed by atoms with Crippen molar-refractivity contribution in [2.45, 2.75) is 56.6 Å². The van der Waals surface area contributed by atoms with E-state index in [4.69, 9.17) is 4.98 Å². The molecule has 0 amide bonds. The molecule has 0 aliphatic heterocycles. The number of aromatic nitrogens is 4. The van der Waals surface area contributed by atoms with Crippen LogP contribution in [0.25, 0.3) is 22.3 Å². The number of rotatable bonds is 5. The lowest BCUT2D eigenvalue weighted by Crippen LogP contribution is -2.20. The van der Waals surface area contributed by atoms with E-state index in [1.54, 1.807) is 18.3 Å². The van der Waals surface area contributed by atoms with Crippen LogP contribution in [-0.2, 0) is 0 Å². The summed E-state index contributed by atoms with van der Waals surface area (Å²) < 4.78 is 2.27. The Morgan fingerprint density at radius 3 is 2.54 bits per heavy atom. The van der Waals surface area contributed by atoms with E-state index in [-0.39, 0.29) is 18.5 Å². The summed E-state index contributed by atoms with van der Waals surface area (Å²) in [6, 6.07) is 16.6. The molecule has 0 radical (unpaired) electrons. The standard InChI is InChI=1S/C27H26N6O.ClH/c28-15-17-9-10-29-26(11-17)32-27-14-20(18-1-2-18)12-24(31-27)19-3-8-23-25(13-19)33(16-30-23)21-4-6-22(34)7-5-21;/h3,8-14,16,18,21-22,34H,1-2,4-7H2,(H,29,31,32);1H/t21-,22+;. The molecule has 2 fully saturated rings. The molecule has 0 bridgehead atoms. The van der Waals surface area contributed by atoms with E-state index < -0.39 is 0 Å². The quantitative estimate of drug-likeness (QED) is 0.365. The van der Waals surface area contributed by atoms with Crippen LogP contribution in [0.2, 0.25) is 0 Å².